The molecule has 0 unspecified atom stereocenters. The third kappa shape index (κ3) is 2.48. The van der Waals surface area contributed by atoms with Gasteiger partial charge in [0.2, 0.25) is 0 Å². The Bertz CT molecular complexity index is 408. The fourth-order valence-corrected chi connectivity index (χ4v) is 1.75. The maximum absolute atomic E-state index is 13.7. The Morgan fingerprint density at radius 2 is 1.56 bits per heavy atom. The average molecular weight is 265 g/mol. The van der Waals surface area contributed by atoms with Gasteiger partial charge in [0, 0.05) is 5.56 Å². The number of hydrogen-bond donors (Lipinski definition) is 1. The van der Waals surface area contributed by atoms with Crippen LogP contribution in [0.2, 0.25) is 0 Å². The van der Waals surface area contributed by atoms with Crippen molar-refractivity contribution in [1.29, 1.82) is 0 Å². The molecule has 0 spiro atoms. The molecule has 1 aromatic carbocycles. The van der Waals surface area contributed by atoms with Crippen LogP contribution in [-0.4, -0.2) is 18.3 Å². The molecule has 1 nitrogen and oxygen atoms in total. The second kappa shape index (κ2) is 4.19. The second-order valence-electron chi connectivity index (χ2n) is 4.50. The van der Waals surface area contributed by atoms with Gasteiger partial charge in [-0.05, 0) is 12.8 Å². The maximum Gasteiger partial charge on any atom is 0.406 e. The van der Waals surface area contributed by atoms with Gasteiger partial charge in [-0.15, -0.1) is 0 Å². The lowest BCUT2D eigenvalue weighted by Crippen LogP contribution is -2.48. The predicted molar refractivity (Wildman–Crippen MR) is 56.4 cm³/mol. The van der Waals surface area contributed by atoms with E-state index in [9.17, 15) is 22.0 Å². The molecule has 1 aliphatic rings. The number of alkyl halides is 5. The third-order valence-corrected chi connectivity index (χ3v) is 3.14. The van der Waals surface area contributed by atoms with Gasteiger partial charge in [0.15, 0.2) is 0 Å². The molecule has 0 amide bonds. The molecule has 1 saturated carbocycles. The molecule has 1 aromatic rings. The average Bonchev–Trinajstić information content (AvgIpc) is 3.08. The fourth-order valence-electron chi connectivity index (χ4n) is 1.75. The summed E-state index contributed by atoms with van der Waals surface area (Å²) in [5.41, 5.74) is -2.39. The van der Waals surface area contributed by atoms with Crippen LogP contribution in [-0.2, 0) is 5.92 Å². The normalized spacial score (nSPS) is 18.7. The number of benzene rings is 1. The van der Waals surface area contributed by atoms with Crippen molar-refractivity contribution >= 4 is 0 Å². The van der Waals surface area contributed by atoms with Crippen molar-refractivity contribution in [1.82, 2.24) is 5.32 Å². The van der Waals surface area contributed by atoms with Crippen molar-refractivity contribution in [3.63, 3.8) is 0 Å². The zero-order valence-corrected chi connectivity index (χ0v) is 9.40. The molecule has 0 saturated heterocycles. The largest absolute Gasteiger partial charge is 0.406 e. The molecule has 1 N–H and O–H groups in total. The third-order valence-electron chi connectivity index (χ3n) is 3.14. The Kier molecular flexibility index (Phi) is 3.09. The quantitative estimate of drug-likeness (QED) is 0.822. The second-order valence-corrected chi connectivity index (χ2v) is 4.50. The first kappa shape index (κ1) is 13.3. The lowest BCUT2D eigenvalue weighted by molar-refractivity contribution is -0.169. The van der Waals surface area contributed by atoms with Crippen molar-refractivity contribution in [2.45, 2.75) is 30.5 Å². The van der Waals surface area contributed by atoms with Crippen molar-refractivity contribution in [2.24, 2.45) is 0 Å². The van der Waals surface area contributed by atoms with E-state index in [2.05, 4.69) is 0 Å². The van der Waals surface area contributed by atoms with Crippen LogP contribution in [0.15, 0.2) is 30.3 Å². The van der Waals surface area contributed by atoms with Crippen molar-refractivity contribution < 1.29 is 22.0 Å². The SMILES string of the molecule is FC(F)(CNC1(C(F)(F)F)CC1)c1ccccc1. The molecule has 100 valence electrons. The Balaban J connectivity index is 2.03. The number of halogens is 5. The van der Waals surface area contributed by atoms with Crippen LogP contribution in [0.1, 0.15) is 18.4 Å². The Labute approximate surface area is 101 Å². The van der Waals surface area contributed by atoms with E-state index in [1.165, 1.54) is 24.3 Å². The standard InChI is InChI=1S/C12H12F5N/c13-11(14,9-4-2-1-3-5-9)8-18-10(6-7-10)12(15,16)17/h1-5,18H,6-8H2. The first-order valence-corrected chi connectivity index (χ1v) is 5.52. The van der Waals surface area contributed by atoms with Crippen LogP contribution < -0.4 is 5.32 Å². The molecule has 0 heterocycles. The minimum absolute atomic E-state index is 0.138. The molecular weight excluding hydrogens is 253 g/mol. The van der Waals surface area contributed by atoms with Crippen molar-refractivity contribution in [3.05, 3.63) is 35.9 Å². The van der Waals surface area contributed by atoms with Gasteiger partial charge in [0.05, 0.1) is 6.54 Å². The van der Waals surface area contributed by atoms with E-state index in [-0.39, 0.29) is 18.4 Å². The van der Waals surface area contributed by atoms with Crippen LogP contribution in [0, 0.1) is 0 Å². The molecule has 2 rings (SSSR count). The monoisotopic (exact) mass is 265 g/mol. The lowest BCUT2D eigenvalue weighted by atomic mass is 10.1. The summed E-state index contributed by atoms with van der Waals surface area (Å²) in [6.07, 6.45) is -4.75. The van der Waals surface area contributed by atoms with Gasteiger partial charge in [-0.1, -0.05) is 30.3 Å². The summed E-state index contributed by atoms with van der Waals surface area (Å²) in [7, 11) is 0. The Hall–Kier alpha value is -1.17. The summed E-state index contributed by atoms with van der Waals surface area (Å²) in [4.78, 5) is 0. The van der Waals surface area contributed by atoms with E-state index in [0.29, 0.717) is 0 Å². The minimum Gasteiger partial charge on any atom is -0.298 e. The maximum atomic E-state index is 13.7. The van der Waals surface area contributed by atoms with Gasteiger partial charge in [-0.25, -0.2) is 0 Å². The molecule has 0 aromatic heterocycles. The highest BCUT2D eigenvalue weighted by Crippen LogP contribution is 2.49. The molecule has 18 heavy (non-hydrogen) atoms. The molecule has 1 fully saturated rings. The van der Waals surface area contributed by atoms with Gasteiger partial charge in [0.1, 0.15) is 5.54 Å². The zero-order chi connectivity index (χ0) is 13.4. The highest BCUT2D eigenvalue weighted by atomic mass is 19.4. The van der Waals surface area contributed by atoms with Crippen LogP contribution in [0.25, 0.3) is 0 Å². The molecule has 1 aliphatic carbocycles. The minimum atomic E-state index is -4.47. The molecule has 0 bridgehead atoms. The van der Waals surface area contributed by atoms with Crippen molar-refractivity contribution in [2.75, 3.05) is 6.54 Å². The first-order valence-electron chi connectivity index (χ1n) is 5.52. The van der Waals surface area contributed by atoms with Crippen LogP contribution in [0.3, 0.4) is 0 Å². The molecule has 0 radical (unpaired) electrons. The van der Waals surface area contributed by atoms with E-state index in [1.54, 1.807) is 6.07 Å². The van der Waals surface area contributed by atoms with E-state index in [4.69, 9.17) is 0 Å². The molecule has 0 aliphatic heterocycles. The van der Waals surface area contributed by atoms with Crippen LogP contribution in [0.4, 0.5) is 22.0 Å². The molecular formula is C12H12F5N. The van der Waals surface area contributed by atoms with Gasteiger partial charge in [-0.3, -0.25) is 5.32 Å². The van der Waals surface area contributed by atoms with E-state index < -0.39 is 24.2 Å². The fraction of sp³-hybridized carbons (Fsp3) is 0.500. The highest BCUT2D eigenvalue weighted by Gasteiger charge is 2.63. The zero-order valence-electron chi connectivity index (χ0n) is 9.40. The topological polar surface area (TPSA) is 12.0 Å². The summed E-state index contributed by atoms with van der Waals surface area (Å²) in [6, 6.07) is 6.84. The smallest absolute Gasteiger partial charge is 0.298 e. The molecule has 6 heteroatoms. The predicted octanol–water partition coefficient (Wildman–Crippen LogP) is 3.46. The van der Waals surface area contributed by atoms with Gasteiger partial charge in [-0.2, -0.15) is 22.0 Å². The van der Waals surface area contributed by atoms with E-state index in [1.807, 2.05) is 5.32 Å². The van der Waals surface area contributed by atoms with E-state index in [0.717, 1.165) is 0 Å². The van der Waals surface area contributed by atoms with Gasteiger partial charge < -0.3 is 0 Å². The van der Waals surface area contributed by atoms with Crippen LogP contribution in [0.5, 0.6) is 0 Å². The summed E-state index contributed by atoms with van der Waals surface area (Å²) < 4.78 is 65.0. The van der Waals surface area contributed by atoms with Crippen LogP contribution >= 0.6 is 0 Å². The summed E-state index contributed by atoms with van der Waals surface area (Å²) >= 11 is 0. The summed E-state index contributed by atoms with van der Waals surface area (Å²) in [6.45, 7) is -1.00. The van der Waals surface area contributed by atoms with Crippen molar-refractivity contribution in [3.8, 4) is 0 Å². The number of nitrogens with one attached hydrogen (secondary N) is 1. The Morgan fingerprint density at radius 1 is 1.00 bits per heavy atom. The molecule has 0 atom stereocenters. The summed E-state index contributed by atoms with van der Waals surface area (Å²) in [5, 5.41) is 1.97. The number of rotatable bonds is 4. The Morgan fingerprint density at radius 3 is 2.00 bits per heavy atom. The summed E-state index contributed by atoms with van der Waals surface area (Å²) in [5.74, 6) is -3.30. The lowest BCUT2D eigenvalue weighted by Gasteiger charge is -2.24. The first-order chi connectivity index (χ1) is 8.27. The number of hydrogen-bond acceptors (Lipinski definition) is 1. The van der Waals surface area contributed by atoms with E-state index >= 15 is 0 Å². The van der Waals surface area contributed by atoms with Gasteiger partial charge in [0.25, 0.3) is 5.92 Å². The van der Waals surface area contributed by atoms with Gasteiger partial charge >= 0.3 is 6.18 Å². The highest BCUT2D eigenvalue weighted by molar-refractivity contribution is 5.21.